The Kier molecular flexibility index (Phi) is 5.31. The van der Waals surface area contributed by atoms with E-state index in [9.17, 15) is 9.59 Å². The van der Waals surface area contributed by atoms with E-state index >= 15 is 0 Å². The number of amides is 1. The molecule has 0 radical (unpaired) electrons. The van der Waals surface area contributed by atoms with Crippen LogP contribution >= 0.6 is 0 Å². The van der Waals surface area contributed by atoms with Crippen molar-refractivity contribution in [2.24, 2.45) is 0 Å². The quantitative estimate of drug-likeness (QED) is 0.738. The second-order valence-electron chi connectivity index (χ2n) is 7.36. The minimum atomic E-state index is -0.284. The topological polar surface area (TPSA) is 76.5 Å². The number of nitrogens with one attached hydrogen (secondary N) is 1. The second-order valence-corrected chi connectivity index (χ2v) is 7.36. The van der Waals surface area contributed by atoms with Crippen molar-refractivity contribution in [3.8, 4) is 0 Å². The van der Waals surface area contributed by atoms with Crippen LogP contribution in [0.4, 0.5) is 11.5 Å². The molecule has 1 amide bonds. The number of carbonyl (C=O) groups excluding carboxylic acids is 1. The number of ether oxygens (including phenoxy) is 1. The minimum Gasteiger partial charge on any atom is -0.378 e. The highest BCUT2D eigenvalue weighted by Crippen LogP contribution is 2.22. The van der Waals surface area contributed by atoms with Crippen molar-refractivity contribution in [3.05, 3.63) is 63.9 Å². The predicted molar refractivity (Wildman–Crippen MR) is 114 cm³/mol. The Morgan fingerprint density at radius 1 is 1.07 bits per heavy atom. The number of morpholine rings is 1. The first kappa shape index (κ1) is 19.1. The fourth-order valence-electron chi connectivity index (χ4n) is 3.72. The molecule has 2 aromatic carbocycles. The van der Waals surface area contributed by atoms with Gasteiger partial charge < -0.3 is 15.0 Å². The lowest BCUT2D eigenvalue weighted by Gasteiger charge is -2.29. The van der Waals surface area contributed by atoms with Crippen LogP contribution in [-0.2, 0) is 16.1 Å². The molecule has 1 aromatic heterocycles. The summed E-state index contributed by atoms with van der Waals surface area (Å²) in [6.07, 6.45) is 0. The van der Waals surface area contributed by atoms with Crippen LogP contribution in [-0.4, -0.2) is 42.0 Å². The highest BCUT2D eigenvalue weighted by Gasteiger charge is 2.19. The molecular weight excluding hydrogens is 368 g/mol. The number of rotatable bonds is 4. The van der Waals surface area contributed by atoms with E-state index in [0.717, 1.165) is 22.2 Å². The van der Waals surface area contributed by atoms with Crippen molar-refractivity contribution in [1.29, 1.82) is 0 Å². The monoisotopic (exact) mass is 392 g/mol. The lowest BCUT2D eigenvalue weighted by molar-refractivity contribution is -0.117. The summed E-state index contributed by atoms with van der Waals surface area (Å²) in [5.41, 5.74) is 2.58. The van der Waals surface area contributed by atoms with Gasteiger partial charge in [0.25, 0.3) is 5.56 Å². The van der Waals surface area contributed by atoms with Gasteiger partial charge in [0.2, 0.25) is 5.91 Å². The van der Waals surface area contributed by atoms with Crippen molar-refractivity contribution in [2.45, 2.75) is 20.4 Å². The molecule has 0 unspecified atom stereocenters. The summed E-state index contributed by atoms with van der Waals surface area (Å²) in [5, 5.41) is 8.78. The number of carbonyl (C=O) groups is 1. The SMILES string of the molecule is Cc1cc(C)cc(NC(=O)Cn2nc(N3CCOCC3)c3ccccc3c2=O)c1. The fraction of sp³-hybridized carbons (Fsp3) is 0.318. The molecular formula is C22H24N4O3. The molecule has 4 rings (SSSR count). The van der Waals surface area contributed by atoms with E-state index in [1.54, 1.807) is 6.07 Å². The number of aryl methyl sites for hydroxylation is 2. The molecule has 0 atom stereocenters. The van der Waals surface area contributed by atoms with Crippen molar-refractivity contribution in [1.82, 2.24) is 9.78 Å². The summed E-state index contributed by atoms with van der Waals surface area (Å²) in [5.74, 6) is 0.426. The number of hydrogen-bond donors (Lipinski definition) is 1. The number of hydrogen-bond acceptors (Lipinski definition) is 5. The van der Waals surface area contributed by atoms with Crippen molar-refractivity contribution in [2.75, 3.05) is 36.5 Å². The lowest BCUT2D eigenvalue weighted by Crippen LogP contribution is -2.39. The van der Waals surface area contributed by atoms with Crippen LogP contribution in [0.2, 0.25) is 0 Å². The molecule has 0 bridgehead atoms. The van der Waals surface area contributed by atoms with E-state index in [1.807, 2.05) is 50.2 Å². The fourth-order valence-corrected chi connectivity index (χ4v) is 3.72. The highest BCUT2D eigenvalue weighted by molar-refractivity contribution is 5.93. The van der Waals surface area contributed by atoms with E-state index in [1.165, 1.54) is 4.68 Å². The van der Waals surface area contributed by atoms with Gasteiger partial charge in [-0.15, -0.1) is 0 Å². The molecule has 0 aliphatic carbocycles. The minimum absolute atomic E-state index is 0.145. The van der Waals surface area contributed by atoms with Crippen LogP contribution in [0.15, 0.2) is 47.3 Å². The average Bonchev–Trinajstić information content (AvgIpc) is 2.70. The summed E-state index contributed by atoms with van der Waals surface area (Å²) in [4.78, 5) is 27.7. The van der Waals surface area contributed by atoms with Gasteiger partial charge in [-0.1, -0.05) is 24.3 Å². The number of anilines is 2. The summed E-state index contributed by atoms with van der Waals surface area (Å²) in [6.45, 7) is 6.44. The first-order chi connectivity index (χ1) is 14.0. The molecule has 1 N–H and O–H groups in total. The Balaban J connectivity index is 1.67. The second kappa shape index (κ2) is 8.05. The maximum atomic E-state index is 12.9. The predicted octanol–water partition coefficient (Wildman–Crippen LogP) is 2.49. The molecule has 2 heterocycles. The van der Waals surface area contributed by atoms with Crippen LogP contribution in [0.25, 0.3) is 10.8 Å². The van der Waals surface area contributed by atoms with Crippen LogP contribution in [0.3, 0.4) is 0 Å². The van der Waals surface area contributed by atoms with Gasteiger partial charge in [0.15, 0.2) is 5.82 Å². The normalized spacial score (nSPS) is 14.2. The first-order valence-corrected chi connectivity index (χ1v) is 9.72. The van der Waals surface area contributed by atoms with Gasteiger partial charge in [0, 0.05) is 24.2 Å². The van der Waals surface area contributed by atoms with Gasteiger partial charge in [0.1, 0.15) is 6.54 Å². The van der Waals surface area contributed by atoms with E-state index in [2.05, 4.69) is 15.3 Å². The van der Waals surface area contributed by atoms with Gasteiger partial charge in [0.05, 0.1) is 18.6 Å². The van der Waals surface area contributed by atoms with E-state index in [-0.39, 0.29) is 18.0 Å². The van der Waals surface area contributed by atoms with Crippen molar-refractivity contribution < 1.29 is 9.53 Å². The standard InChI is InChI=1S/C22H24N4O3/c1-15-11-16(2)13-17(12-15)23-20(27)14-26-22(28)19-6-4-3-5-18(19)21(24-26)25-7-9-29-10-8-25/h3-6,11-13H,7-10,14H2,1-2H3,(H,23,27). The maximum Gasteiger partial charge on any atom is 0.275 e. The Morgan fingerprint density at radius 3 is 2.41 bits per heavy atom. The van der Waals surface area contributed by atoms with E-state index in [0.29, 0.717) is 37.5 Å². The van der Waals surface area contributed by atoms with Crippen LogP contribution in [0.1, 0.15) is 11.1 Å². The molecule has 7 nitrogen and oxygen atoms in total. The summed E-state index contributed by atoms with van der Waals surface area (Å²) in [6, 6.07) is 13.2. The number of benzene rings is 2. The molecule has 1 fully saturated rings. The largest absolute Gasteiger partial charge is 0.378 e. The van der Waals surface area contributed by atoms with Crippen molar-refractivity contribution in [3.63, 3.8) is 0 Å². The van der Waals surface area contributed by atoms with Crippen LogP contribution in [0, 0.1) is 13.8 Å². The van der Waals surface area contributed by atoms with Crippen LogP contribution < -0.4 is 15.8 Å². The Hall–Kier alpha value is -3.19. The molecule has 1 aliphatic heterocycles. The Morgan fingerprint density at radius 2 is 1.72 bits per heavy atom. The van der Waals surface area contributed by atoms with Gasteiger partial charge in [-0.05, 0) is 43.2 Å². The number of fused-ring (bicyclic) bond motifs is 1. The zero-order chi connectivity index (χ0) is 20.4. The molecule has 1 saturated heterocycles. The third kappa shape index (κ3) is 4.14. The zero-order valence-corrected chi connectivity index (χ0v) is 16.6. The smallest absolute Gasteiger partial charge is 0.275 e. The highest BCUT2D eigenvalue weighted by atomic mass is 16.5. The molecule has 150 valence electrons. The summed E-state index contributed by atoms with van der Waals surface area (Å²) >= 11 is 0. The molecule has 29 heavy (non-hydrogen) atoms. The van der Waals surface area contributed by atoms with Gasteiger partial charge in [-0.2, -0.15) is 5.10 Å². The Labute approximate surface area is 168 Å². The maximum absolute atomic E-state index is 12.9. The first-order valence-electron chi connectivity index (χ1n) is 9.72. The molecule has 3 aromatic rings. The van der Waals surface area contributed by atoms with Crippen LogP contribution in [0.5, 0.6) is 0 Å². The number of aromatic nitrogens is 2. The molecule has 0 saturated carbocycles. The number of nitrogens with zero attached hydrogens (tertiary/aromatic N) is 3. The third-order valence-electron chi connectivity index (χ3n) is 4.96. The third-order valence-corrected chi connectivity index (χ3v) is 4.96. The van der Waals surface area contributed by atoms with Crippen molar-refractivity contribution >= 4 is 28.2 Å². The summed E-state index contributed by atoms with van der Waals surface area (Å²) < 4.78 is 6.69. The van der Waals surface area contributed by atoms with Gasteiger partial charge in [-0.3, -0.25) is 9.59 Å². The average molecular weight is 392 g/mol. The van der Waals surface area contributed by atoms with Gasteiger partial charge >= 0.3 is 0 Å². The Bertz CT molecular complexity index is 1100. The van der Waals surface area contributed by atoms with Gasteiger partial charge in [-0.25, -0.2) is 4.68 Å². The lowest BCUT2D eigenvalue weighted by atomic mass is 10.1. The molecule has 7 heteroatoms. The van der Waals surface area contributed by atoms with E-state index in [4.69, 9.17) is 4.74 Å². The summed E-state index contributed by atoms with van der Waals surface area (Å²) in [7, 11) is 0. The van der Waals surface area contributed by atoms with E-state index < -0.39 is 0 Å². The molecule has 1 aliphatic rings. The zero-order valence-electron chi connectivity index (χ0n) is 16.6. The molecule has 0 spiro atoms.